The van der Waals surface area contributed by atoms with Gasteiger partial charge in [0.1, 0.15) is 0 Å². The summed E-state index contributed by atoms with van der Waals surface area (Å²) in [6.07, 6.45) is 1.58. The van der Waals surface area contributed by atoms with E-state index in [-0.39, 0.29) is 0 Å². The van der Waals surface area contributed by atoms with Crippen LogP contribution in [0.1, 0.15) is 21.6 Å². The largest absolute Gasteiger partial charge is 0.360 e. The van der Waals surface area contributed by atoms with Crippen LogP contribution in [0.25, 0.3) is 21.8 Å². The Morgan fingerprint density at radius 3 is 2.76 bits per heavy atom. The summed E-state index contributed by atoms with van der Waals surface area (Å²) in [6.45, 7) is 2.31. The Bertz CT molecular complexity index is 1100. The van der Waals surface area contributed by atoms with Gasteiger partial charge in [-0.3, -0.25) is 9.59 Å². The lowest BCUT2D eigenvalue weighted by atomic mass is 10.1. The Labute approximate surface area is 144 Å². The highest BCUT2D eigenvalue weighted by Crippen LogP contribution is 2.19. The van der Waals surface area contributed by atoms with E-state index in [1.54, 1.807) is 6.20 Å². The van der Waals surface area contributed by atoms with Gasteiger partial charge in [0.25, 0.3) is 11.7 Å². The van der Waals surface area contributed by atoms with Gasteiger partial charge in [-0.2, -0.15) is 0 Å². The number of rotatable bonds is 4. The van der Waals surface area contributed by atoms with E-state index in [9.17, 15) is 9.59 Å². The topological polar surface area (TPSA) is 77.8 Å². The summed E-state index contributed by atoms with van der Waals surface area (Å²) >= 11 is 0. The van der Waals surface area contributed by atoms with Gasteiger partial charge < -0.3 is 15.3 Å². The van der Waals surface area contributed by atoms with Gasteiger partial charge in [0, 0.05) is 34.9 Å². The average Bonchev–Trinajstić information content (AvgIpc) is 3.20. The lowest BCUT2D eigenvalue weighted by Crippen LogP contribution is -2.30. The molecule has 1 amide bonds. The van der Waals surface area contributed by atoms with Gasteiger partial charge in [0.2, 0.25) is 0 Å². The maximum absolute atomic E-state index is 12.4. The number of amides is 1. The molecule has 0 saturated carbocycles. The Morgan fingerprint density at radius 2 is 1.88 bits per heavy atom. The van der Waals surface area contributed by atoms with Crippen LogP contribution in [-0.2, 0) is 11.3 Å². The van der Waals surface area contributed by atoms with Crippen LogP contribution in [0, 0.1) is 6.92 Å². The molecule has 0 saturated heterocycles. The number of aryl methyl sites for hydroxylation is 1. The second-order valence-corrected chi connectivity index (χ2v) is 6.13. The third kappa shape index (κ3) is 2.80. The lowest BCUT2D eigenvalue weighted by Gasteiger charge is -2.05. The molecule has 2 heterocycles. The molecule has 2 aromatic carbocycles. The highest BCUT2D eigenvalue weighted by molar-refractivity contribution is 6.44. The summed E-state index contributed by atoms with van der Waals surface area (Å²) in [5, 5.41) is 4.56. The van der Waals surface area contributed by atoms with Crippen LogP contribution >= 0.6 is 0 Å². The van der Waals surface area contributed by atoms with E-state index in [1.807, 2.05) is 49.4 Å². The van der Waals surface area contributed by atoms with Gasteiger partial charge in [0.15, 0.2) is 0 Å². The molecule has 5 heteroatoms. The highest BCUT2D eigenvalue weighted by Gasteiger charge is 2.19. The summed E-state index contributed by atoms with van der Waals surface area (Å²) < 4.78 is 0. The number of ketones is 1. The minimum Gasteiger partial charge on any atom is -0.360 e. The first-order chi connectivity index (χ1) is 12.1. The molecule has 4 rings (SSSR count). The maximum Gasteiger partial charge on any atom is 0.292 e. The second-order valence-electron chi connectivity index (χ2n) is 6.13. The molecule has 0 fully saturated rings. The fraction of sp³-hybridized carbons (Fsp3) is 0.100. The number of fused-ring (bicyclic) bond motifs is 2. The normalized spacial score (nSPS) is 11.1. The number of carbonyl (C=O) groups excluding carboxylic acids is 2. The van der Waals surface area contributed by atoms with Crippen molar-refractivity contribution in [1.29, 1.82) is 0 Å². The van der Waals surface area contributed by atoms with Crippen LogP contribution in [0.2, 0.25) is 0 Å². The van der Waals surface area contributed by atoms with Gasteiger partial charge in [-0.25, -0.2) is 0 Å². The quantitative estimate of drug-likeness (QED) is 0.395. The molecule has 5 nitrogen and oxygen atoms in total. The molecule has 0 aliphatic carbocycles. The fourth-order valence-electron chi connectivity index (χ4n) is 3.08. The fourth-order valence-corrected chi connectivity index (χ4v) is 3.08. The first-order valence-electron chi connectivity index (χ1n) is 8.09. The molecule has 3 N–H and O–H groups in total. The standard InChI is InChI=1S/C20H17N3O2/c1-12-8-14-9-13(6-7-17(14)23-12)10-22-20(25)19(24)16-11-21-18-5-3-2-4-15(16)18/h2-9,11,21,23H,10H2,1H3,(H,22,25). The van der Waals surface area contributed by atoms with E-state index in [0.29, 0.717) is 12.1 Å². The molecular formula is C20H17N3O2. The van der Waals surface area contributed by atoms with Gasteiger partial charge >= 0.3 is 0 Å². The molecule has 0 aliphatic heterocycles. The van der Waals surface area contributed by atoms with E-state index < -0.39 is 11.7 Å². The first kappa shape index (κ1) is 15.2. The molecule has 0 spiro atoms. The Kier molecular flexibility index (Phi) is 3.61. The van der Waals surface area contributed by atoms with E-state index in [1.165, 1.54) is 0 Å². The Morgan fingerprint density at radius 1 is 1.04 bits per heavy atom. The SMILES string of the molecule is Cc1cc2cc(CNC(=O)C(=O)c3c[nH]c4ccccc34)ccc2[nH]1. The van der Waals surface area contributed by atoms with Gasteiger partial charge in [-0.15, -0.1) is 0 Å². The van der Waals surface area contributed by atoms with Gasteiger partial charge in [-0.05, 0) is 42.1 Å². The summed E-state index contributed by atoms with van der Waals surface area (Å²) in [5.74, 6) is -1.13. The summed E-state index contributed by atoms with van der Waals surface area (Å²) in [6, 6.07) is 15.4. The summed E-state index contributed by atoms with van der Waals surface area (Å²) in [7, 11) is 0. The molecule has 124 valence electrons. The number of nitrogens with one attached hydrogen (secondary N) is 3. The van der Waals surface area contributed by atoms with Crippen LogP contribution in [-0.4, -0.2) is 21.7 Å². The molecule has 25 heavy (non-hydrogen) atoms. The number of hydrogen-bond acceptors (Lipinski definition) is 2. The van der Waals surface area contributed by atoms with Crippen molar-refractivity contribution in [1.82, 2.24) is 15.3 Å². The third-order valence-electron chi connectivity index (χ3n) is 4.31. The maximum atomic E-state index is 12.4. The first-order valence-corrected chi connectivity index (χ1v) is 8.09. The molecule has 0 radical (unpaired) electrons. The number of para-hydroxylation sites is 1. The van der Waals surface area contributed by atoms with E-state index >= 15 is 0 Å². The second kappa shape index (κ2) is 5.94. The highest BCUT2D eigenvalue weighted by atomic mass is 16.2. The van der Waals surface area contributed by atoms with Crippen molar-refractivity contribution in [3.63, 3.8) is 0 Å². The minimum atomic E-state index is -0.602. The molecule has 0 atom stereocenters. The molecule has 0 unspecified atom stereocenters. The molecule has 4 aromatic rings. The minimum absolute atomic E-state index is 0.313. The van der Waals surface area contributed by atoms with Crippen LogP contribution in [0.4, 0.5) is 0 Å². The van der Waals surface area contributed by atoms with Crippen molar-refractivity contribution in [2.24, 2.45) is 0 Å². The molecule has 2 aromatic heterocycles. The molecule has 0 bridgehead atoms. The third-order valence-corrected chi connectivity index (χ3v) is 4.31. The van der Waals surface area contributed by atoms with Crippen molar-refractivity contribution in [3.05, 3.63) is 71.5 Å². The number of H-pyrrole nitrogens is 2. The molecule has 0 aliphatic rings. The predicted molar refractivity (Wildman–Crippen MR) is 97.5 cm³/mol. The Balaban J connectivity index is 1.50. The van der Waals surface area contributed by atoms with Crippen molar-refractivity contribution in [3.8, 4) is 0 Å². The number of benzene rings is 2. The zero-order valence-electron chi connectivity index (χ0n) is 13.7. The van der Waals surface area contributed by atoms with Gasteiger partial charge in [0.05, 0.1) is 5.56 Å². The molecular weight excluding hydrogens is 314 g/mol. The van der Waals surface area contributed by atoms with Crippen LogP contribution in [0.5, 0.6) is 0 Å². The smallest absolute Gasteiger partial charge is 0.292 e. The summed E-state index contributed by atoms with van der Waals surface area (Å²) in [4.78, 5) is 30.9. The Hall–Kier alpha value is -3.34. The van der Waals surface area contributed by atoms with E-state index in [2.05, 4.69) is 21.4 Å². The van der Waals surface area contributed by atoms with E-state index in [0.717, 1.165) is 33.1 Å². The van der Waals surface area contributed by atoms with Crippen molar-refractivity contribution in [2.45, 2.75) is 13.5 Å². The number of Topliss-reactive ketones (excluding diaryl/α,β-unsaturated/α-hetero) is 1. The predicted octanol–water partition coefficient (Wildman–Crippen LogP) is 3.46. The average molecular weight is 331 g/mol. The van der Waals surface area contributed by atoms with Crippen molar-refractivity contribution >= 4 is 33.5 Å². The monoisotopic (exact) mass is 331 g/mol. The lowest BCUT2D eigenvalue weighted by molar-refractivity contribution is -0.117. The number of aromatic amines is 2. The number of carbonyl (C=O) groups is 2. The van der Waals surface area contributed by atoms with Crippen molar-refractivity contribution < 1.29 is 9.59 Å². The van der Waals surface area contributed by atoms with Crippen LogP contribution < -0.4 is 5.32 Å². The zero-order valence-corrected chi connectivity index (χ0v) is 13.7. The number of hydrogen-bond donors (Lipinski definition) is 3. The van der Waals surface area contributed by atoms with Crippen molar-refractivity contribution in [2.75, 3.05) is 0 Å². The summed E-state index contributed by atoms with van der Waals surface area (Å²) in [5.41, 5.74) is 4.33. The van der Waals surface area contributed by atoms with Crippen LogP contribution in [0.15, 0.2) is 54.7 Å². The van der Waals surface area contributed by atoms with Gasteiger partial charge in [-0.1, -0.05) is 24.3 Å². The number of aromatic nitrogens is 2. The zero-order chi connectivity index (χ0) is 17.4. The van der Waals surface area contributed by atoms with E-state index in [4.69, 9.17) is 0 Å². The van der Waals surface area contributed by atoms with Crippen LogP contribution in [0.3, 0.4) is 0 Å².